The molecule has 46 heavy (non-hydrogen) atoms. The van der Waals surface area contributed by atoms with E-state index in [0.29, 0.717) is 6.42 Å². The first-order valence-corrected chi connectivity index (χ1v) is 19.2. The lowest BCUT2D eigenvalue weighted by molar-refractivity contribution is -0.123. The maximum absolute atomic E-state index is 12.1. The molecule has 0 heterocycles. The molecule has 0 fully saturated rings. The second-order valence-electron chi connectivity index (χ2n) is 12.6. The normalized spacial score (nSPS) is 13.9. The first-order valence-electron chi connectivity index (χ1n) is 19.2. The molecule has 0 saturated heterocycles. The van der Waals surface area contributed by atoms with Crippen LogP contribution in [0.25, 0.3) is 0 Å². The van der Waals surface area contributed by atoms with Gasteiger partial charge in [0.15, 0.2) is 0 Å². The maximum Gasteiger partial charge on any atom is 0.220 e. The number of aliphatic hydroxyl groups is 2. The topological polar surface area (TPSA) is 69.6 Å². The van der Waals surface area contributed by atoms with Gasteiger partial charge in [-0.2, -0.15) is 0 Å². The predicted octanol–water partition coefficient (Wildman–Crippen LogP) is 11.6. The lowest BCUT2D eigenvalue weighted by Crippen LogP contribution is -2.45. The molecule has 2 atom stereocenters. The van der Waals surface area contributed by atoms with Crippen molar-refractivity contribution in [2.75, 3.05) is 6.61 Å². The highest BCUT2D eigenvalue weighted by molar-refractivity contribution is 5.76. The molecule has 0 aromatic carbocycles. The highest BCUT2D eigenvalue weighted by Gasteiger charge is 2.17. The number of nitrogens with one attached hydrogen (secondary N) is 1. The van der Waals surface area contributed by atoms with E-state index in [9.17, 15) is 15.0 Å². The van der Waals surface area contributed by atoms with Crippen molar-refractivity contribution < 1.29 is 15.0 Å². The zero-order chi connectivity index (χ0) is 33.6. The fourth-order valence-corrected chi connectivity index (χ4v) is 5.27. The quantitative estimate of drug-likeness (QED) is 0.0494. The summed E-state index contributed by atoms with van der Waals surface area (Å²) >= 11 is 0. The summed E-state index contributed by atoms with van der Waals surface area (Å²) in [6.45, 7) is 3.99. The molecule has 0 aromatic rings. The van der Waals surface area contributed by atoms with Gasteiger partial charge in [-0.05, 0) is 57.8 Å². The fraction of sp³-hybridized carbons (Fsp3) is 0.690. The minimum Gasteiger partial charge on any atom is -0.394 e. The molecule has 0 aliphatic rings. The lowest BCUT2D eigenvalue weighted by atomic mass is 10.0. The molecule has 1 amide bonds. The molecule has 0 aliphatic carbocycles. The van der Waals surface area contributed by atoms with E-state index in [4.69, 9.17) is 0 Å². The number of rotatable bonds is 33. The Balaban J connectivity index is 3.42. The van der Waals surface area contributed by atoms with Crippen molar-refractivity contribution in [2.24, 2.45) is 0 Å². The third-order valence-electron chi connectivity index (χ3n) is 8.18. The van der Waals surface area contributed by atoms with Crippen molar-refractivity contribution in [3.05, 3.63) is 72.9 Å². The summed E-state index contributed by atoms with van der Waals surface area (Å²) in [5, 5.41) is 22.3. The second-order valence-corrected chi connectivity index (χ2v) is 12.6. The minimum absolute atomic E-state index is 0.0802. The zero-order valence-corrected chi connectivity index (χ0v) is 30.1. The van der Waals surface area contributed by atoms with E-state index in [1.54, 1.807) is 6.08 Å². The van der Waals surface area contributed by atoms with Crippen LogP contribution in [0.15, 0.2) is 72.9 Å². The summed E-state index contributed by atoms with van der Waals surface area (Å²) in [6.07, 6.45) is 53.6. The maximum atomic E-state index is 12.1. The van der Waals surface area contributed by atoms with Crippen molar-refractivity contribution in [2.45, 2.75) is 180 Å². The minimum atomic E-state index is -0.836. The Morgan fingerprint density at radius 1 is 0.543 bits per heavy atom. The predicted molar refractivity (Wildman–Crippen MR) is 202 cm³/mol. The van der Waals surface area contributed by atoms with Gasteiger partial charge in [-0.1, -0.05) is 177 Å². The molecule has 0 radical (unpaired) electrons. The average Bonchev–Trinajstić information content (AvgIpc) is 3.06. The van der Waals surface area contributed by atoms with Gasteiger partial charge in [-0.15, -0.1) is 0 Å². The van der Waals surface area contributed by atoms with E-state index in [1.807, 2.05) is 6.08 Å². The SMILES string of the molecule is CC/C=C\C/C=C\C/C=C\C/C=C\C/C=C\CCCCCCCCCCCCCCCCCC(=O)NC(CO)C(O)/C=C/CCC. The van der Waals surface area contributed by atoms with Gasteiger partial charge in [-0.25, -0.2) is 0 Å². The molecule has 0 saturated carbocycles. The van der Waals surface area contributed by atoms with Crippen LogP contribution in [0.3, 0.4) is 0 Å². The van der Waals surface area contributed by atoms with Gasteiger partial charge in [0.1, 0.15) is 0 Å². The molecular formula is C42H73NO3. The van der Waals surface area contributed by atoms with E-state index in [0.717, 1.165) is 57.8 Å². The Labute approximate surface area is 285 Å². The lowest BCUT2D eigenvalue weighted by Gasteiger charge is -2.19. The Hall–Kier alpha value is -2.17. The van der Waals surface area contributed by atoms with Crippen molar-refractivity contribution in [1.82, 2.24) is 5.32 Å². The van der Waals surface area contributed by atoms with Crippen molar-refractivity contribution in [3.63, 3.8) is 0 Å². The van der Waals surface area contributed by atoms with Gasteiger partial charge in [-0.3, -0.25) is 4.79 Å². The molecule has 2 unspecified atom stereocenters. The van der Waals surface area contributed by atoms with Crippen LogP contribution >= 0.6 is 0 Å². The monoisotopic (exact) mass is 640 g/mol. The number of aliphatic hydroxyl groups excluding tert-OH is 2. The van der Waals surface area contributed by atoms with Crippen molar-refractivity contribution in [1.29, 1.82) is 0 Å². The molecule has 0 rings (SSSR count). The number of amides is 1. The van der Waals surface area contributed by atoms with Crippen LogP contribution in [0.5, 0.6) is 0 Å². The summed E-state index contributed by atoms with van der Waals surface area (Å²) in [5.74, 6) is -0.0802. The highest BCUT2D eigenvalue weighted by Crippen LogP contribution is 2.14. The smallest absolute Gasteiger partial charge is 0.220 e. The summed E-state index contributed by atoms with van der Waals surface area (Å²) in [4.78, 5) is 12.1. The number of hydrogen-bond donors (Lipinski definition) is 3. The number of hydrogen-bond acceptors (Lipinski definition) is 3. The van der Waals surface area contributed by atoms with Gasteiger partial charge >= 0.3 is 0 Å². The van der Waals surface area contributed by atoms with E-state index in [-0.39, 0.29) is 12.5 Å². The largest absolute Gasteiger partial charge is 0.394 e. The van der Waals surface area contributed by atoms with Gasteiger partial charge in [0, 0.05) is 6.42 Å². The summed E-state index contributed by atoms with van der Waals surface area (Å²) in [7, 11) is 0. The number of carbonyl (C=O) groups excluding carboxylic acids is 1. The van der Waals surface area contributed by atoms with Crippen LogP contribution in [-0.2, 0) is 4.79 Å². The van der Waals surface area contributed by atoms with E-state index >= 15 is 0 Å². The van der Waals surface area contributed by atoms with Crippen LogP contribution in [-0.4, -0.2) is 34.9 Å². The molecule has 0 bridgehead atoms. The summed E-state index contributed by atoms with van der Waals surface area (Å²) in [5.41, 5.74) is 0. The van der Waals surface area contributed by atoms with Gasteiger partial charge < -0.3 is 15.5 Å². The number of carbonyl (C=O) groups is 1. The fourth-order valence-electron chi connectivity index (χ4n) is 5.27. The van der Waals surface area contributed by atoms with Crippen LogP contribution < -0.4 is 5.32 Å². The van der Waals surface area contributed by atoms with E-state index in [2.05, 4.69) is 79.9 Å². The summed E-state index contributed by atoms with van der Waals surface area (Å²) in [6, 6.07) is -0.619. The highest BCUT2D eigenvalue weighted by atomic mass is 16.3. The average molecular weight is 640 g/mol. The van der Waals surface area contributed by atoms with Gasteiger partial charge in [0.25, 0.3) is 0 Å². The Morgan fingerprint density at radius 3 is 1.39 bits per heavy atom. The number of allylic oxidation sites excluding steroid dienone is 11. The summed E-state index contributed by atoms with van der Waals surface area (Å²) < 4.78 is 0. The molecule has 3 N–H and O–H groups in total. The molecule has 0 aromatic heterocycles. The van der Waals surface area contributed by atoms with E-state index < -0.39 is 12.1 Å². The van der Waals surface area contributed by atoms with Gasteiger partial charge in [0.05, 0.1) is 18.8 Å². The first kappa shape index (κ1) is 43.8. The van der Waals surface area contributed by atoms with Crippen LogP contribution in [0.4, 0.5) is 0 Å². The standard InChI is InChI=1S/C42H73NO3/c1-3-5-7-8-9-10-11-12-13-14-15-16-17-18-19-20-21-22-23-24-25-26-27-28-29-30-31-32-33-34-36-38-42(46)43-40(39-44)41(45)37-35-6-4-2/h5,7,9-10,12-13,15-16,18-19,35,37,40-41,44-45H,3-4,6,8,11,14,17,20-34,36,38-39H2,1-2H3,(H,43,46)/b7-5-,10-9-,13-12-,16-15-,19-18-,37-35+. The van der Waals surface area contributed by atoms with Crippen LogP contribution in [0.2, 0.25) is 0 Å². The molecule has 264 valence electrons. The third-order valence-corrected chi connectivity index (χ3v) is 8.18. The molecule has 4 nitrogen and oxygen atoms in total. The number of unbranched alkanes of at least 4 members (excludes halogenated alkanes) is 16. The first-order chi connectivity index (χ1) is 22.7. The molecule has 0 aliphatic heterocycles. The zero-order valence-electron chi connectivity index (χ0n) is 30.1. The van der Waals surface area contributed by atoms with Gasteiger partial charge in [0.2, 0.25) is 5.91 Å². The Morgan fingerprint density at radius 2 is 0.957 bits per heavy atom. The van der Waals surface area contributed by atoms with Crippen LogP contribution in [0, 0.1) is 0 Å². The van der Waals surface area contributed by atoms with Crippen LogP contribution in [0.1, 0.15) is 168 Å². The van der Waals surface area contributed by atoms with E-state index in [1.165, 1.54) is 89.9 Å². The molecular weight excluding hydrogens is 566 g/mol. The van der Waals surface area contributed by atoms with Crippen molar-refractivity contribution >= 4 is 5.91 Å². The molecule has 4 heteroatoms. The third kappa shape index (κ3) is 33.2. The van der Waals surface area contributed by atoms with Crippen molar-refractivity contribution in [3.8, 4) is 0 Å². The Kier molecular flexibility index (Phi) is 35.5. The Bertz CT molecular complexity index is 823. The second kappa shape index (κ2) is 37.3. The molecule has 0 spiro atoms.